The summed E-state index contributed by atoms with van der Waals surface area (Å²) in [7, 11) is 0. The Morgan fingerprint density at radius 2 is 2.15 bits per heavy atom. The van der Waals surface area contributed by atoms with E-state index in [2.05, 4.69) is 10.1 Å². The fourth-order valence-electron chi connectivity index (χ4n) is 2.22. The van der Waals surface area contributed by atoms with Crippen LogP contribution in [-0.4, -0.2) is 49.7 Å². The molecule has 20 heavy (non-hydrogen) atoms. The summed E-state index contributed by atoms with van der Waals surface area (Å²) in [4.78, 5) is 29.7. The Kier molecular flexibility index (Phi) is 4.06. The average Bonchev–Trinajstić information content (AvgIpc) is 2.96. The van der Waals surface area contributed by atoms with E-state index in [9.17, 15) is 9.59 Å². The van der Waals surface area contributed by atoms with Crippen LogP contribution >= 0.6 is 0 Å². The van der Waals surface area contributed by atoms with Crippen molar-refractivity contribution in [2.75, 3.05) is 6.54 Å². The van der Waals surface area contributed by atoms with Crippen molar-refractivity contribution in [2.45, 2.75) is 51.8 Å². The van der Waals surface area contributed by atoms with E-state index >= 15 is 0 Å². The molecular weight excluding hydrogens is 260 g/mol. The van der Waals surface area contributed by atoms with Crippen molar-refractivity contribution < 1.29 is 14.3 Å². The first kappa shape index (κ1) is 14.5. The maximum atomic E-state index is 12.2. The Hall–Kier alpha value is -1.92. The third-order valence-electron chi connectivity index (χ3n) is 3.02. The molecule has 2 rings (SSSR count). The summed E-state index contributed by atoms with van der Waals surface area (Å²) in [5.41, 5.74) is -0.541. The highest BCUT2D eigenvalue weighted by Gasteiger charge is 2.36. The van der Waals surface area contributed by atoms with Crippen LogP contribution in [0.5, 0.6) is 0 Å². The standard InChI is InChI=1S/C13H20N4O3/c1-13(2,3)20-12(19)10-5-4-6-17(10)11(18)7-16-9-14-8-15-16/h8-10H,4-7H2,1-3H3/t10-/m0/s1. The number of esters is 1. The predicted molar refractivity (Wildman–Crippen MR) is 70.6 cm³/mol. The summed E-state index contributed by atoms with van der Waals surface area (Å²) in [6, 6.07) is -0.481. The van der Waals surface area contributed by atoms with Gasteiger partial charge in [-0.15, -0.1) is 0 Å². The molecular formula is C13H20N4O3. The SMILES string of the molecule is CC(C)(C)OC(=O)[C@@H]1CCCN1C(=O)Cn1cncn1. The largest absolute Gasteiger partial charge is 0.458 e. The first-order valence-corrected chi connectivity index (χ1v) is 6.71. The lowest BCUT2D eigenvalue weighted by Crippen LogP contribution is -2.44. The van der Waals surface area contributed by atoms with Gasteiger partial charge in [0.15, 0.2) is 0 Å². The third-order valence-corrected chi connectivity index (χ3v) is 3.02. The maximum absolute atomic E-state index is 12.2. The number of nitrogens with zero attached hydrogens (tertiary/aromatic N) is 4. The van der Waals surface area contributed by atoms with Gasteiger partial charge in [-0.2, -0.15) is 5.10 Å². The van der Waals surface area contributed by atoms with E-state index < -0.39 is 11.6 Å². The summed E-state index contributed by atoms with van der Waals surface area (Å²) >= 11 is 0. The van der Waals surface area contributed by atoms with Crippen molar-refractivity contribution >= 4 is 11.9 Å². The fraction of sp³-hybridized carbons (Fsp3) is 0.692. The van der Waals surface area contributed by atoms with Crippen LogP contribution in [0.15, 0.2) is 12.7 Å². The second-order valence-corrected chi connectivity index (χ2v) is 5.87. The average molecular weight is 280 g/mol. The molecule has 0 spiro atoms. The zero-order valence-electron chi connectivity index (χ0n) is 12.1. The Morgan fingerprint density at radius 3 is 2.75 bits per heavy atom. The number of aromatic nitrogens is 3. The first-order chi connectivity index (χ1) is 9.37. The molecule has 0 aliphatic carbocycles. The summed E-state index contributed by atoms with van der Waals surface area (Å²) in [6.45, 7) is 6.14. The third kappa shape index (κ3) is 3.55. The van der Waals surface area contributed by atoms with Crippen LogP contribution in [0.4, 0.5) is 0 Å². The van der Waals surface area contributed by atoms with Gasteiger partial charge in [0.2, 0.25) is 5.91 Å². The zero-order valence-corrected chi connectivity index (χ0v) is 12.1. The maximum Gasteiger partial charge on any atom is 0.329 e. The van der Waals surface area contributed by atoms with E-state index in [1.807, 2.05) is 20.8 Å². The molecule has 1 atom stereocenters. The van der Waals surface area contributed by atoms with Gasteiger partial charge >= 0.3 is 5.97 Å². The van der Waals surface area contributed by atoms with Crippen LogP contribution in [0.1, 0.15) is 33.6 Å². The lowest BCUT2D eigenvalue weighted by molar-refractivity contribution is -0.163. The van der Waals surface area contributed by atoms with Gasteiger partial charge in [0.05, 0.1) is 0 Å². The summed E-state index contributed by atoms with van der Waals surface area (Å²) < 4.78 is 6.82. The molecule has 0 N–H and O–H groups in total. The quantitative estimate of drug-likeness (QED) is 0.758. The van der Waals surface area contributed by atoms with E-state index in [1.165, 1.54) is 17.3 Å². The normalized spacial score (nSPS) is 19.1. The number of carbonyl (C=O) groups is 2. The number of hydrogen-bond acceptors (Lipinski definition) is 5. The number of ether oxygens (including phenoxy) is 1. The Morgan fingerprint density at radius 1 is 1.40 bits per heavy atom. The van der Waals surface area contributed by atoms with Crippen LogP contribution in [0.3, 0.4) is 0 Å². The van der Waals surface area contributed by atoms with Crippen molar-refractivity contribution in [1.29, 1.82) is 0 Å². The lowest BCUT2D eigenvalue weighted by Gasteiger charge is -2.27. The molecule has 0 aromatic carbocycles. The van der Waals surface area contributed by atoms with E-state index in [0.717, 1.165) is 6.42 Å². The van der Waals surface area contributed by atoms with E-state index in [4.69, 9.17) is 4.74 Å². The highest BCUT2D eigenvalue weighted by molar-refractivity contribution is 5.85. The molecule has 1 aliphatic rings. The second kappa shape index (κ2) is 5.60. The monoisotopic (exact) mass is 280 g/mol. The van der Waals surface area contributed by atoms with Crippen molar-refractivity contribution in [3.8, 4) is 0 Å². The van der Waals surface area contributed by atoms with Crippen molar-refractivity contribution in [3.05, 3.63) is 12.7 Å². The first-order valence-electron chi connectivity index (χ1n) is 6.71. The predicted octanol–water partition coefficient (Wildman–Crippen LogP) is 0.611. The van der Waals surface area contributed by atoms with E-state index in [1.54, 1.807) is 4.90 Å². The molecule has 0 unspecified atom stereocenters. The Balaban J connectivity index is 1.99. The van der Waals surface area contributed by atoms with Crippen LogP contribution in [0.25, 0.3) is 0 Å². The van der Waals surface area contributed by atoms with Crippen molar-refractivity contribution in [3.63, 3.8) is 0 Å². The van der Waals surface area contributed by atoms with Gasteiger partial charge in [0.25, 0.3) is 0 Å². The molecule has 2 heterocycles. The molecule has 0 radical (unpaired) electrons. The molecule has 1 aromatic heterocycles. The molecule has 1 aliphatic heterocycles. The van der Waals surface area contributed by atoms with Gasteiger partial charge in [-0.1, -0.05) is 0 Å². The van der Waals surface area contributed by atoms with Crippen LogP contribution in [-0.2, 0) is 20.9 Å². The van der Waals surface area contributed by atoms with Gasteiger partial charge in [0, 0.05) is 6.54 Å². The lowest BCUT2D eigenvalue weighted by atomic mass is 10.1. The molecule has 7 heteroatoms. The minimum absolute atomic E-state index is 0.0965. The molecule has 0 bridgehead atoms. The molecule has 1 saturated heterocycles. The number of amides is 1. The van der Waals surface area contributed by atoms with Crippen molar-refractivity contribution in [1.82, 2.24) is 19.7 Å². The summed E-state index contributed by atoms with van der Waals surface area (Å²) in [5, 5.41) is 3.90. The highest BCUT2D eigenvalue weighted by Crippen LogP contribution is 2.21. The smallest absolute Gasteiger partial charge is 0.329 e. The molecule has 1 aromatic rings. The van der Waals surface area contributed by atoms with Crippen molar-refractivity contribution in [2.24, 2.45) is 0 Å². The van der Waals surface area contributed by atoms with Gasteiger partial charge in [-0.25, -0.2) is 14.5 Å². The number of hydrogen-bond donors (Lipinski definition) is 0. The Labute approximate surface area is 117 Å². The Bertz CT molecular complexity index is 478. The molecule has 0 saturated carbocycles. The number of rotatable bonds is 3. The van der Waals surface area contributed by atoms with Gasteiger partial charge in [0.1, 0.15) is 30.8 Å². The molecule has 1 amide bonds. The number of carbonyl (C=O) groups excluding carboxylic acids is 2. The van der Waals surface area contributed by atoms with Crippen LogP contribution in [0.2, 0.25) is 0 Å². The highest BCUT2D eigenvalue weighted by atomic mass is 16.6. The van der Waals surface area contributed by atoms with E-state index in [-0.39, 0.29) is 18.4 Å². The summed E-state index contributed by atoms with van der Waals surface area (Å²) in [6.07, 6.45) is 4.32. The van der Waals surface area contributed by atoms with Gasteiger partial charge in [-0.3, -0.25) is 4.79 Å². The minimum Gasteiger partial charge on any atom is -0.458 e. The van der Waals surface area contributed by atoms with Crippen LogP contribution in [0, 0.1) is 0 Å². The molecule has 110 valence electrons. The molecule has 7 nitrogen and oxygen atoms in total. The fourth-order valence-corrected chi connectivity index (χ4v) is 2.22. The topological polar surface area (TPSA) is 77.3 Å². The van der Waals surface area contributed by atoms with E-state index in [0.29, 0.717) is 13.0 Å². The minimum atomic E-state index is -0.541. The number of likely N-dealkylation sites (tertiary alicyclic amines) is 1. The molecule has 1 fully saturated rings. The van der Waals surface area contributed by atoms with Gasteiger partial charge < -0.3 is 9.64 Å². The second-order valence-electron chi connectivity index (χ2n) is 5.87. The summed E-state index contributed by atoms with van der Waals surface area (Å²) in [5.74, 6) is -0.467. The van der Waals surface area contributed by atoms with Crippen LogP contribution < -0.4 is 0 Å². The zero-order chi connectivity index (χ0) is 14.8. The van der Waals surface area contributed by atoms with Gasteiger partial charge in [-0.05, 0) is 33.6 Å².